The summed E-state index contributed by atoms with van der Waals surface area (Å²) in [6.07, 6.45) is -0.0515. The van der Waals surface area contributed by atoms with Gasteiger partial charge in [-0.15, -0.1) is 0 Å². The van der Waals surface area contributed by atoms with Crippen LogP contribution in [0.4, 0.5) is 8.78 Å². The van der Waals surface area contributed by atoms with E-state index in [-0.39, 0.29) is 29.2 Å². The molecule has 3 aromatic rings. The van der Waals surface area contributed by atoms with Gasteiger partial charge < -0.3 is 4.90 Å². The number of carbonyl (C=O) groups is 1. The number of hydrogen-bond acceptors (Lipinski definition) is 4. The molecule has 28 heavy (non-hydrogen) atoms. The van der Waals surface area contributed by atoms with Crippen LogP contribution in [0.1, 0.15) is 55.0 Å². The van der Waals surface area contributed by atoms with E-state index in [1.807, 2.05) is 42.2 Å². The summed E-state index contributed by atoms with van der Waals surface area (Å²) in [7, 11) is 0. The van der Waals surface area contributed by atoms with Crippen LogP contribution in [-0.2, 0) is 4.79 Å². The van der Waals surface area contributed by atoms with Gasteiger partial charge in [0.05, 0.1) is 5.92 Å². The molecule has 3 heterocycles. The Morgan fingerprint density at radius 1 is 1.18 bits per heavy atom. The highest BCUT2D eigenvalue weighted by molar-refractivity contribution is 5.83. The maximum atomic E-state index is 13.4. The Labute approximate surface area is 161 Å². The molecule has 0 saturated carbocycles. The predicted octanol–water partition coefficient (Wildman–Crippen LogP) is 3.57. The fraction of sp³-hybridized carbons (Fsp3) is 0.400. The van der Waals surface area contributed by atoms with Crippen molar-refractivity contribution >= 4 is 11.7 Å². The van der Waals surface area contributed by atoms with Crippen LogP contribution in [-0.4, -0.2) is 43.5 Å². The largest absolute Gasteiger partial charge is 0.342 e. The minimum absolute atomic E-state index is 0.0234. The lowest BCUT2D eigenvalue weighted by molar-refractivity contribution is -0.133. The molecule has 146 valence electrons. The van der Waals surface area contributed by atoms with Crippen molar-refractivity contribution in [2.24, 2.45) is 0 Å². The van der Waals surface area contributed by atoms with E-state index in [1.54, 1.807) is 0 Å². The third-order valence-electron chi connectivity index (χ3n) is 5.42. The van der Waals surface area contributed by atoms with E-state index in [0.29, 0.717) is 31.6 Å². The van der Waals surface area contributed by atoms with Crippen molar-refractivity contribution in [1.82, 2.24) is 24.5 Å². The van der Waals surface area contributed by atoms with Gasteiger partial charge in [0, 0.05) is 24.7 Å². The monoisotopic (exact) mass is 385 g/mol. The highest BCUT2D eigenvalue weighted by Gasteiger charge is 2.29. The number of rotatable bonds is 4. The third-order valence-corrected chi connectivity index (χ3v) is 5.42. The number of carbonyl (C=O) groups excluding carboxylic acids is 1. The van der Waals surface area contributed by atoms with Gasteiger partial charge in [0.1, 0.15) is 12.0 Å². The molecule has 1 saturated heterocycles. The van der Waals surface area contributed by atoms with Gasteiger partial charge >= 0.3 is 0 Å². The van der Waals surface area contributed by atoms with Crippen molar-refractivity contribution < 1.29 is 13.6 Å². The van der Waals surface area contributed by atoms with Crippen molar-refractivity contribution in [3.8, 4) is 0 Å². The Bertz CT molecular complexity index is 967. The molecule has 1 fully saturated rings. The Kier molecular flexibility index (Phi) is 5.02. The Hall–Kier alpha value is -2.90. The van der Waals surface area contributed by atoms with Gasteiger partial charge in [-0.3, -0.25) is 4.79 Å². The number of hydrogen-bond donors (Lipinski definition) is 0. The number of halogens is 2. The van der Waals surface area contributed by atoms with Crippen LogP contribution >= 0.6 is 0 Å². The Balaban J connectivity index is 1.47. The van der Waals surface area contributed by atoms with E-state index in [0.717, 1.165) is 10.1 Å². The van der Waals surface area contributed by atoms with Gasteiger partial charge in [-0.05, 0) is 31.4 Å². The van der Waals surface area contributed by atoms with Gasteiger partial charge in [-0.2, -0.15) is 14.6 Å². The molecule has 1 aromatic carbocycles. The molecule has 1 unspecified atom stereocenters. The van der Waals surface area contributed by atoms with E-state index in [4.69, 9.17) is 0 Å². The number of alkyl halides is 2. The third kappa shape index (κ3) is 3.46. The molecule has 0 bridgehead atoms. The van der Waals surface area contributed by atoms with Crippen molar-refractivity contribution in [2.75, 3.05) is 13.1 Å². The zero-order chi connectivity index (χ0) is 19.7. The molecular weight excluding hydrogens is 364 g/mol. The fourth-order valence-corrected chi connectivity index (χ4v) is 3.77. The SMILES string of the molecule is CC(C(=O)N1CCC(c2cc(C(F)F)n3ncnc3n2)CC1)c1ccccc1. The lowest BCUT2D eigenvalue weighted by Gasteiger charge is -2.33. The van der Waals surface area contributed by atoms with E-state index >= 15 is 0 Å². The van der Waals surface area contributed by atoms with Crippen LogP contribution in [0.2, 0.25) is 0 Å². The summed E-state index contributed by atoms with van der Waals surface area (Å²) in [5.41, 5.74) is 1.39. The van der Waals surface area contributed by atoms with Crippen molar-refractivity contribution in [3.05, 3.63) is 59.7 Å². The van der Waals surface area contributed by atoms with Gasteiger partial charge in [-0.1, -0.05) is 30.3 Å². The second-order valence-corrected chi connectivity index (χ2v) is 7.11. The van der Waals surface area contributed by atoms with Crippen LogP contribution in [0.3, 0.4) is 0 Å². The number of amides is 1. The maximum Gasteiger partial charge on any atom is 0.280 e. The first-order valence-corrected chi connectivity index (χ1v) is 9.37. The number of nitrogens with zero attached hydrogens (tertiary/aromatic N) is 5. The topological polar surface area (TPSA) is 63.4 Å². The van der Waals surface area contributed by atoms with Crippen molar-refractivity contribution in [3.63, 3.8) is 0 Å². The summed E-state index contributed by atoms with van der Waals surface area (Å²) in [5, 5.41) is 3.82. The van der Waals surface area contributed by atoms with Crippen molar-refractivity contribution in [2.45, 2.75) is 38.0 Å². The summed E-state index contributed by atoms with van der Waals surface area (Å²) in [6, 6.07) is 11.1. The lowest BCUT2D eigenvalue weighted by atomic mass is 9.91. The number of aromatic nitrogens is 4. The van der Waals surface area contributed by atoms with Crippen LogP contribution < -0.4 is 0 Å². The number of likely N-dealkylation sites (tertiary alicyclic amines) is 1. The molecule has 0 spiro atoms. The van der Waals surface area contributed by atoms with Gasteiger partial charge in [0.25, 0.3) is 12.2 Å². The first-order chi connectivity index (χ1) is 13.5. The first-order valence-electron chi connectivity index (χ1n) is 9.37. The fourth-order valence-electron chi connectivity index (χ4n) is 3.77. The summed E-state index contributed by atoms with van der Waals surface area (Å²) < 4.78 is 27.8. The van der Waals surface area contributed by atoms with Crippen LogP contribution in [0.25, 0.3) is 5.78 Å². The molecular formula is C20H21F2N5O. The standard InChI is InChI=1S/C20H21F2N5O/c1-13(14-5-3-2-4-6-14)19(28)26-9-7-15(8-10-26)16-11-17(18(21)22)27-20(25-16)23-12-24-27/h2-6,11-13,15,18H,7-10H2,1H3. The van der Waals surface area contributed by atoms with E-state index in [1.165, 1.54) is 12.4 Å². The summed E-state index contributed by atoms with van der Waals surface area (Å²) >= 11 is 0. The van der Waals surface area contributed by atoms with Crippen molar-refractivity contribution in [1.29, 1.82) is 0 Å². The number of piperidine rings is 1. The summed E-state index contributed by atoms with van der Waals surface area (Å²) in [4.78, 5) is 23.0. The van der Waals surface area contributed by atoms with Crippen LogP contribution in [0, 0.1) is 0 Å². The van der Waals surface area contributed by atoms with E-state index < -0.39 is 6.43 Å². The zero-order valence-electron chi connectivity index (χ0n) is 15.5. The average Bonchev–Trinajstić information content (AvgIpc) is 3.21. The molecule has 1 aliphatic heterocycles. The average molecular weight is 385 g/mol. The first kappa shape index (κ1) is 18.5. The second-order valence-electron chi connectivity index (χ2n) is 7.11. The minimum Gasteiger partial charge on any atom is -0.342 e. The molecule has 0 radical (unpaired) electrons. The molecule has 6 nitrogen and oxygen atoms in total. The highest BCUT2D eigenvalue weighted by atomic mass is 19.3. The normalized spacial score (nSPS) is 16.6. The quantitative estimate of drug-likeness (QED) is 0.689. The maximum absolute atomic E-state index is 13.4. The molecule has 1 atom stereocenters. The lowest BCUT2D eigenvalue weighted by Crippen LogP contribution is -2.40. The molecule has 8 heteroatoms. The van der Waals surface area contributed by atoms with E-state index in [9.17, 15) is 13.6 Å². The highest BCUT2D eigenvalue weighted by Crippen LogP contribution is 2.31. The second kappa shape index (κ2) is 7.61. The predicted molar refractivity (Wildman–Crippen MR) is 99.2 cm³/mol. The van der Waals surface area contributed by atoms with Gasteiger partial charge in [0.15, 0.2) is 0 Å². The molecule has 4 rings (SSSR count). The number of benzene rings is 1. The smallest absolute Gasteiger partial charge is 0.280 e. The zero-order valence-corrected chi connectivity index (χ0v) is 15.5. The Morgan fingerprint density at radius 2 is 1.89 bits per heavy atom. The molecule has 0 aliphatic carbocycles. The summed E-state index contributed by atoms with van der Waals surface area (Å²) in [5.74, 6) is 0.103. The van der Waals surface area contributed by atoms with Gasteiger partial charge in [0.2, 0.25) is 5.91 Å². The molecule has 2 aromatic heterocycles. The van der Waals surface area contributed by atoms with Gasteiger partial charge in [-0.25, -0.2) is 13.8 Å². The van der Waals surface area contributed by atoms with Crippen LogP contribution in [0.5, 0.6) is 0 Å². The Morgan fingerprint density at radius 3 is 2.57 bits per heavy atom. The molecule has 0 N–H and O–H groups in total. The van der Waals surface area contributed by atoms with E-state index in [2.05, 4.69) is 15.1 Å². The number of fused-ring (bicyclic) bond motifs is 1. The minimum atomic E-state index is -2.65. The molecule has 1 aliphatic rings. The van der Waals surface area contributed by atoms with Crippen LogP contribution in [0.15, 0.2) is 42.7 Å². The molecule has 1 amide bonds. The summed E-state index contributed by atoms with van der Waals surface area (Å²) in [6.45, 7) is 3.09.